The second-order valence-corrected chi connectivity index (χ2v) is 4.29. The van der Waals surface area contributed by atoms with Crippen LogP contribution in [0.25, 0.3) is 0 Å². The zero-order valence-corrected chi connectivity index (χ0v) is 11.2. The Hall–Kier alpha value is -1.66. The molecule has 1 saturated heterocycles. The van der Waals surface area contributed by atoms with Crippen molar-refractivity contribution in [3.8, 4) is 0 Å². The smallest absolute Gasteiger partial charge is 0.339 e. The number of esters is 1. The normalized spacial score (nSPS) is 19.3. The molecule has 0 radical (unpaired) electrons. The number of ether oxygens (including phenoxy) is 3. The highest BCUT2D eigenvalue weighted by molar-refractivity contribution is 5.89. The zero-order valence-electron chi connectivity index (χ0n) is 11.2. The molecular formula is C13H18N2O4. The maximum absolute atomic E-state index is 11.3. The Kier molecular flexibility index (Phi) is 4.70. The largest absolute Gasteiger partial charge is 0.465 e. The van der Waals surface area contributed by atoms with E-state index >= 15 is 0 Å². The van der Waals surface area contributed by atoms with E-state index in [1.807, 2.05) is 6.07 Å². The van der Waals surface area contributed by atoms with Gasteiger partial charge >= 0.3 is 5.97 Å². The SMILES string of the molecule is COCC1CN(c2ccc(C(=O)OC)cn2)CCO1. The van der Waals surface area contributed by atoms with Gasteiger partial charge in [0.1, 0.15) is 5.82 Å². The lowest BCUT2D eigenvalue weighted by molar-refractivity contribution is -0.0102. The monoisotopic (exact) mass is 266 g/mol. The van der Waals surface area contributed by atoms with Crippen LogP contribution in [0.4, 0.5) is 5.82 Å². The highest BCUT2D eigenvalue weighted by atomic mass is 16.5. The van der Waals surface area contributed by atoms with Crippen LogP contribution in [0.2, 0.25) is 0 Å². The van der Waals surface area contributed by atoms with Crippen molar-refractivity contribution in [1.82, 2.24) is 4.98 Å². The topological polar surface area (TPSA) is 60.9 Å². The molecule has 1 atom stereocenters. The van der Waals surface area contributed by atoms with Crippen molar-refractivity contribution < 1.29 is 19.0 Å². The molecular weight excluding hydrogens is 248 g/mol. The summed E-state index contributed by atoms with van der Waals surface area (Å²) in [6.45, 7) is 2.73. The number of hydrogen-bond acceptors (Lipinski definition) is 6. The molecule has 0 amide bonds. The number of rotatable bonds is 4. The first kappa shape index (κ1) is 13.8. The average Bonchev–Trinajstić information content (AvgIpc) is 2.47. The molecule has 0 bridgehead atoms. The molecule has 6 nitrogen and oxygen atoms in total. The lowest BCUT2D eigenvalue weighted by Crippen LogP contribution is -2.44. The van der Waals surface area contributed by atoms with E-state index in [2.05, 4.69) is 14.6 Å². The van der Waals surface area contributed by atoms with Gasteiger partial charge in [0, 0.05) is 26.4 Å². The number of pyridine rings is 1. The van der Waals surface area contributed by atoms with Crippen molar-refractivity contribution in [2.75, 3.05) is 45.4 Å². The highest BCUT2D eigenvalue weighted by Gasteiger charge is 2.21. The molecule has 1 unspecified atom stereocenters. The number of hydrogen-bond donors (Lipinski definition) is 0. The molecule has 1 aliphatic heterocycles. The number of nitrogens with zero attached hydrogens (tertiary/aromatic N) is 2. The van der Waals surface area contributed by atoms with Gasteiger partial charge in [0.05, 0.1) is 32.0 Å². The molecule has 6 heteroatoms. The highest BCUT2D eigenvalue weighted by Crippen LogP contribution is 2.16. The molecule has 0 aliphatic carbocycles. The number of carbonyl (C=O) groups excluding carboxylic acids is 1. The van der Waals surface area contributed by atoms with E-state index in [4.69, 9.17) is 9.47 Å². The lowest BCUT2D eigenvalue weighted by Gasteiger charge is -2.33. The van der Waals surface area contributed by atoms with E-state index in [1.165, 1.54) is 13.3 Å². The average molecular weight is 266 g/mol. The summed E-state index contributed by atoms with van der Waals surface area (Å²) in [6, 6.07) is 3.54. The van der Waals surface area contributed by atoms with Crippen LogP contribution in [-0.4, -0.2) is 57.6 Å². The van der Waals surface area contributed by atoms with E-state index in [0.717, 1.165) is 18.9 Å². The van der Waals surface area contributed by atoms with Crippen LogP contribution in [0.5, 0.6) is 0 Å². The second-order valence-electron chi connectivity index (χ2n) is 4.29. The Morgan fingerprint density at radius 2 is 2.37 bits per heavy atom. The third-order valence-electron chi connectivity index (χ3n) is 2.98. The quantitative estimate of drug-likeness (QED) is 0.748. The Balaban J connectivity index is 2.03. The summed E-state index contributed by atoms with van der Waals surface area (Å²) in [7, 11) is 3.01. The van der Waals surface area contributed by atoms with Gasteiger partial charge < -0.3 is 19.1 Å². The zero-order chi connectivity index (χ0) is 13.7. The summed E-state index contributed by atoms with van der Waals surface area (Å²) in [5.74, 6) is 0.454. The summed E-state index contributed by atoms with van der Waals surface area (Å²) in [6.07, 6.45) is 1.59. The van der Waals surface area contributed by atoms with Gasteiger partial charge in [0.25, 0.3) is 0 Å². The molecule has 0 spiro atoms. The van der Waals surface area contributed by atoms with Crippen LogP contribution in [0.1, 0.15) is 10.4 Å². The van der Waals surface area contributed by atoms with Crippen molar-refractivity contribution in [1.29, 1.82) is 0 Å². The third-order valence-corrected chi connectivity index (χ3v) is 2.98. The van der Waals surface area contributed by atoms with Gasteiger partial charge in [-0.2, -0.15) is 0 Å². The van der Waals surface area contributed by atoms with Gasteiger partial charge in [0.2, 0.25) is 0 Å². The van der Waals surface area contributed by atoms with E-state index in [-0.39, 0.29) is 12.1 Å². The minimum absolute atomic E-state index is 0.0563. The van der Waals surface area contributed by atoms with Crippen LogP contribution in [-0.2, 0) is 14.2 Å². The van der Waals surface area contributed by atoms with Gasteiger partial charge in [-0.05, 0) is 12.1 Å². The van der Waals surface area contributed by atoms with Gasteiger partial charge in [-0.3, -0.25) is 0 Å². The first-order valence-corrected chi connectivity index (χ1v) is 6.14. The number of anilines is 1. The van der Waals surface area contributed by atoms with Crippen molar-refractivity contribution in [2.45, 2.75) is 6.10 Å². The molecule has 104 valence electrons. The maximum atomic E-state index is 11.3. The molecule has 0 aromatic carbocycles. The van der Waals surface area contributed by atoms with Crippen LogP contribution >= 0.6 is 0 Å². The van der Waals surface area contributed by atoms with Crippen LogP contribution in [0.3, 0.4) is 0 Å². The molecule has 2 heterocycles. The van der Waals surface area contributed by atoms with E-state index < -0.39 is 0 Å². The fourth-order valence-corrected chi connectivity index (χ4v) is 2.03. The standard InChI is InChI=1S/C13H18N2O4/c1-17-9-11-8-15(5-6-19-11)12-4-3-10(7-14-12)13(16)18-2/h3-4,7,11H,5-6,8-9H2,1-2H3. The van der Waals surface area contributed by atoms with Crippen LogP contribution in [0, 0.1) is 0 Å². The Bertz CT molecular complexity index is 419. The molecule has 0 saturated carbocycles. The minimum atomic E-state index is -0.377. The van der Waals surface area contributed by atoms with Crippen molar-refractivity contribution in [3.05, 3.63) is 23.9 Å². The van der Waals surface area contributed by atoms with Gasteiger partial charge in [-0.25, -0.2) is 9.78 Å². The number of methoxy groups -OCH3 is 2. The summed E-state index contributed by atoms with van der Waals surface area (Å²) in [5.41, 5.74) is 0.452. The van der Waals surface area contributed by atoms with Gasteiger partial charge in [-0.1, -0.05) is 0 Å². The first-order chi connectivity index (χ1) is 9.24. The molecule has 1 aromatic heterocycles. The minimum Gasteiger partial charge on any atom is -0.465 e. The second kappa shape index (κ2) is 6.49. The Morgan fingerprint density at radius 3 is 3.00 bits per heavy atom. The summed E-state index contributed by atoms with van der Waals surface area (Å²) in [4.78, 5) is 17.7. The van der Waals surface area contributed by atoms with E-state index in [1.54, 1.807) is 13.2 Å². The molecule has 1 aromatic rings. The third kappa shape index (κ3) is 3.42. The molecule has 1 aliphatic rings. The van der Waals surface area contributed by atoms with E-state index in [9.17, 15) is 4.79 Å². The fraction of sp³-hybridized carbons (Fsp3) is 0.538. The maximum Gasteiger partial charge on any atom is 0.339 e. The summed E-state index contributed by atoms with van der Waals surface area (Å²) >= 11 is 0. The number of carbonyl (C=O) groups is 1. The Morgan fingerprint density at radius 1 is 1.53 bits per heavy atom. The molecule has 19 heavy (non-hydrogen) atoms. The van der Waals surface area contributed by atoms with Crippen molar-refractivity contribution in [2.24, 2.45) is 0 Å². The Labute approximate surface area is 112 Å². The van der Waals surface area contributed by atoms with E-state index in [0.29, 0.717) is 18.8 Å². The molecule has 0 N–H and O–H groups in total. The van der Waals surface area contributed by atoms with Crippen LogP contribution in [0.15, 0.2) is 18.3 Å². The van der Waals surface area contributed by atoms with Crippen molar-refractivity contribution >= 4 is 11.8 Å². The van der Waals surface area contributed by atoms with Crippen LogP contribution < -0.4 is 4.90 Å². The van der Waals surface area contributed by atoms with Gasteiger partial charge in [0.15, 0.2) is 0 Å². The predicted octanol–water partition coefficient (Wildman–Crippen LogP) is 0.720. The predicted molar refractivity (Wildman–Crippen MR) is 69.4 cm³/mol. The van der Waals surface area contributed by atoms with Gasteiger partial charge in [-0.15, -0.1) is 0 Å². The summed E-state index contributed by atoms with van der Waals surface area (Å²) in [5, 5.41) is 0. The number of morpholine rings is 1. The van der Waals surface area contributed by atoms with Crippen molar-refractivity contribution in [3.63, 3.8) is 0 Å². The fourth-order valence-electron chi connectivity index (χ4n) is 2.03. The summed E-state index contributed by atoms with van der Waals surface area (Å²) < 4.78 is 15.3. The number of aromatic nitrogens is 1. The molecule has 2 rings (SSSR count). The first-order valence-electron chi connectivity index (χ1n) is 6.14. The lowest BCUT2D eigenvalue weighted by atomic mass is 10.2. The molecule has 1 fully saturated rings.